The van der Waals surface area contributed by atoms with E-state index in [1.807, 2.05) is 0 Å². The molecular weight excluding hydrogens is 449 g/mol. The van der Waals surface area contributed by atoms with Crippen molar-refractivity contribution in [3.8, 4) is 0 Å². The molecule has 1 amide bonds. The van der Waals surface area contributed by atoms with Gasteiger partial charge in [-0.1, -0.05) is 76.7 Å². The van der Waals surface area contributed by atoms with E-state index in [1.165, 1.54) is 18.2 Å². The van der Waals surface area contributed by atoms with E-state index in [9.17, 15) is 22.8 Å². The Bertz CT molecular complexity index is 851. The topological polar surface area (TPSA) is 37.4 Å². The second-order valence-electron chi connectivity index (χ2n) is 5.36. The Morgan fingerprint density at radius 3 is 2.07 bits per heavy atom. The van der Waals surface area contributed by atoms with Crippen molar-refractivity contribution in [3.05, 3.63) is 64.7 Å². The number of carbonyl (C=O) groups excluding carboxylic acids is 2. The fourth-order valence-corrected chi connectivity index (χ4v) is 2.75. The standard InChI is InChI=1S/C17H10Cl4F3NO2/c18-11-6-7-13(12(8-11)14(26)10-4-2-1-3-5-10)25(9-16(22,23)24)15(27)17(19,20)21/h1-8H,9H2. The van der Waals surface area contributed by atoms with Crippen LogP contribution in [0.25, 0.3) is 0 Å². The fourth-order valence-electron chi connectivity index (χ4n) is 2.27. The summed E-state index contributed by atoms with van der Waals surface area (Å²) in [7, 11) is 0. The molecule has 0 saturated carbocycles. The van der Waals surface area contributed by atoms with E-state index in [-0.39, 0.29) is 26.7 Å². The van der Waals surface area contributed by atoms with Crippen LogP contribution in [0.1, 0.15) is 15.9 Å². The number of rotatable bonds is 4. The lowest BCUT2D eigenvalue weighted by Crippen LogP contribution is -2.45. The van der Waals surface area contributed by atoms with Gasteiger partial charge in [0.25, 0.3) is 9.70 Å². The van der Waals surface area contributed by atoms with Gasteiger partial charge in [0.1, 0.15) is 6.54 Å². The maximum atomic E-state index is 13.0. The molecule has 0 atom stereocenters. The summed E-state index contributed by atoms with van der Waals surface area (Å²) in [6, 6.07) is 11.2. The highest BCUT2D eigenvalue weighted by atomic mass is 35.6. The van der Waals surface area contributed by atoms with Gasteiger partial charge in [-0.15, -0.1) is 0 Å². The summed E-state index contributed by atoms with van der Waals surface area (Å²) in [5, 5.41) is 0.0892. The number of anilines is 1. The predicted molar refractivity (Wildman–Crippen MR) is 100 cm³/mol. The molecule has 0 aromatic heterocycles. The van der Waals surface area contributed by atoms with Crippen LogP contribution < -0.4 is 4.90 Å². The van der Waals surface area contributed by atoms with Gasteiger partial charge in [0.2, 0.25) is 0 Å². The van der Waals surface area contributed by atoms with E-state index in [0.29, 0.717) is 0 Å². The average Bonchev–Trinajstić information content (AvgIpc) is 2.57. The van der Waals surface area contributed by atoms with E-state index in [0.717, 1.165) is 12.1 Å². The van der Waals surface area contributed by atoms with Crippen LogP contribution >= 0.6 is 46.4 Å². The normalized spacial score (nSPS) is 12.0. The quantitative estimate of drug-likeness (QED) is 0.426. The minimum Gasteiger partial charge on any atom is -0.299 e. The first-order valence-corrected chi connectivity index (χ1v) is 8.76. The van der Waals surface area contributed by atoms with Crippen molar-refractivity contribution < 1.29 is 22.8 Å². The molecule has 0 aliphatic heterocycles. The van der Waals surface area contributed by atoms with E-state index < -0.39 is 28.2 Å². The molecule has 0 radical (unpaired) electrons. The molecule has 0 aliphatic rings. The minimum atomic E-state index is -4.81. The lowest BCUT2D eigenvalue weighted by atomic mass is 10.0. The summed E-state index contributed by atoms with van der Waals surface area (Å²) in [6.07, 6.45) is -4.81. The summed E-state index contributed by atoms with van der Waals surface area (Å²) in [5.41, 5.74) is -0.420. The average molecular weight is 459 g/mol. The van der Waals surface area contributed by atoms with Crippen LogP contribution in [0.2, 0.25) is 5.02 Å². The van der Waals surface area contributed by atoms with Gasteiger partial charge in [-0.25, -0.2) is 0 Å². The molecule has 144 valence electrons. The van der Waals surface area contributed by atoms with Gasteiger partial charge in [0.05, 0.1) is 5.69 Å². The zero-order valence-corrected chi connectivity index (χ0v) is 16.3. The second-order valence-corrected chi connectivity index (χ2v) is 8.08. The summed E-state index contributed by atoms with van der Waals surface area (Å²) >= 11 is 22.4. The van der Waals surface area contributed by atoms with Crippen LogP contribution in [0.5, 0.6) is 0 Å². The lowest BCUT2D eigenvalue weighted by Gasteiger charge is -2.28. The van der Waals surface area contributed by atoms with E-state index in [2.05, 4.69) is 0 Å². The molecule has 0 N–H and O–H groups in total. The molecule has 2 aromatic rings. The molecule has 27 heavy (non-hydrogen) atoms. The molecule has 0 saturated heterocycles. The molecule has 0 fully saturated rings. The van der Waals surface area contributed by atoms with Gasteiger partial charge in [0, 0.05) is 16.1 Å². The molecule has 0 unspecified atom stereocenters. The Kier molecular flexibility index (Phi) is 6.68. The number of alkyl halides is 6. The predicted octanol–water partition coefficient (Wildman–Crippen LogP) is 5.84. The molecule has 2 rings (SSSR count). The molecule has 3 nitrogen and oxygen atoms in total. The largest absolute Gasteiger partial charge is 0.406 e. The smallest absolute Gasteiger partial charge is 0.299 e. The number of nitrogens with zero attached hydrogens (tertiary/aromatic N) is 1. The van der Waals surface area contributed by atoms with Crippen molar-refractivity contribution >= 4 is 63.8 Å². The number of ketones is 1. The Labute approximate surface area is 172 Å². The highest BCUT2D eigenvalue weighted by Gasteiger charge is 2.42. The monoisotopic (exact) mass is 457 g/mol. The van der Waals surface area contributed by atoms with Crippen molar-refractivity contribution in [1.82, 2.24) is 0 Å². The van der Waals surface area contributed by atoms with Gasteiger partial charge in [-0.2, -0.15) is 13.2 Å². The molecule has 0 heterocycles. The second kappa shape index (κ2) is 8.27. The molecule has 0 aliphatic carbocycles. The summed E-state index contributed by atoms with van der Waals surface area (Å²) in [5.74, 6) is -2.09. The zero-order chi connectivity index (χ0) is 20.4. The third kappa shape index (κ3) is 5.75. The first-order chi connectivity index (χ1) is 12.4. The first-order valence-electron chi connectivity index (χ1n) is 7.25. The Balaban J connectivity index is 2.62. The van der Waals surface area contributed by atoms with E-state index in [4.69, 9.17) is 46.4 Å². The number of hydrogen-bond donors (Lipinski definition) is 0. The van der Waals surface area contributed by atoms with Gasteiger partial charge < -0.3 is 0 Å². The maximum absolute atomic E-state index is 13.0. The molecular formula is C17H10Cl4F3NO2. The van der Waals surface area contributed by atoms with Crippen molar-refractivity contribution in [1.29, 1.82) is 0 Å². The first kappa shape index (κ1) is 21.8. The van der Waals surface area contributed by atoms with Crippen LogP contribution in [0.3, 0.4) is 0 Å². The third-order valence-corrected chi connectivity index (χ3v) is 4.08. The minimum absolute atomic E-state index is 0.0892. The Hall–Kier alpha value is -1.47. The number of hydrogen-bond acceptors (Lipinski definition) is 2. The van der Waals surface area contributed by atoms with E-state index >= 15 is 0 Å². The van der Waals surface area contributed by atoms with Gasteiger partial charge in [0.15, 0.2) is 5.78 Å². The number of benzene rings is 2. The summed E-state index contributed by atoms with van der Waals surface area (Å²) < 4.78 is 36.5. The Morgan fingerprint density at radius 2 is 1.56 bits per heavy atom. The van der Waals surface area contributed by atoms with Crippen LogP contribution in [0.15, 0.2) is 48.5 Å². The number of halogens is 7. The zero-order valence-electron chi connectivity index (χ0n) is 13.2. The molecule has 10 heteroatoms. The molecule has 0 spiro atoms. The summed E-state index contributed by atoms with van der Waals surface area (Å²) in [4.78, 5) is 25.3. The summed E-state index contributed by atoms with van der Waals surface area (Å²) in [6.45, 7) is -1.75. The number of carbonyl (C=O) groups is 2. The van der Waals surface area contributed by atoms with Crippen LogP contribution in [-0.2, 0) is 4.79 Å². The van der Waals surface area contributed by atoms with Crippen LogP contribution in [0, 0.1) is 0 Å². The fraction of sp³-hybridized carbons (Fsp3) is 0.176. The van der Waals surface area contributed by atoms with Crippen molar-refractivity contribution in [2.24, 2.45) is 0 Å². The SMILES string of the molecule is O=C(c1ccccc1)c1cc(Cl)ccc1N(CC(F)(F)F)C(=O)C(Cl)(Cl)Cl. The highest BCUT2D eigenvalue weighted by Crippen LogP contribution is 2.35. The lowest BCUT2D eigenvalue weighted by molar-refractivity contribution is -0.131. The Morgan fingerprint density at radius 1 is 0.963 bits per heavy atom. The van der Waals surface area contributed by atoms with Gasteiger partial charge in [-0.05, 0) is 18.2 Å². The van der Waals surface area contributed by atoms with Gasteiger partial charge >= 0.3 is 6.18 Å². The highest BCUT2D eigenvalue weighted by molar-refractivity contribution is 6.77. The molecule has 0 bridgehead atoms. The van der Waals surface area contributed by atoms with Crippen molar-refractivity contribution in [3.63, 3.8) is 0 Å². The number of amides is 1. The van der Waals surface area contributed by atoms with Crippen LogP contribution in [-0.4, -0.2) is 28.2 Å². The van der Waals surface area contributed by atoms with Crippen LogP contribution in [0.4, 0.5) is 18.9 Å². The third-order valence-electron chi connectivity index (χ3n) is 3.36. The maximum Gasteiger partial charge on any atom is 0.406 e. The van der Waals surface area contributed by atoms with Crippen molar-refractivity contribution in [2.45, 2.75) is 9.97 Å². The van der Waals surface area contributed by atoms with Gasteiger partial charge in [-0.3, -0.25) is 14.5 Å². The van der Waals surface area contributed by atoms with E-state index in [1.54, 1.807) is 18.2 Å². The van der Waals surface area contributed by atoms with Crippen molar-refractivity contribution in [2.75, 3.05) is 11.4 Å². The molecule has 2 aromatic carbocycles.